The van der Waals surface area contributed by atoms with E-state index < -0.39 is 0 Å². The summed E-state index contributed by atoms with van der Waals surface area (Å²) < 4.78 is 15.6. The minimum atomic E-state index is -0.271. The second-order valence-electron chi connectivity index (χ2n) is 5.64. The lowest BCUT2D eigenvalue weighted by Crippen LogP contribution is -2.23. The summed E-state index contributed by atoms with van der Waals surface area (Å²) in [7, 11) is 3.06. The van der Waals surface area contributed by atoms with Crippen LogP contribution < -0.4 is 14.8 Å². The fourth-order valence-corrected chi connectivity index (χ4v) is 2.46. The first kappa shape index (κ1) is 17.5. The number of carbonyl (C=O) groups excluding carboxylic acids is 1. The van der Waals surface area contributed by atoms with Gasteiger partial charge in [0.1, 0.15) is 0 Å². The van der Waals surface area contributed by atoms with Crippen molar-refractivity contribution in [3.05, 3.63) is 59.4 Å². The first-order valence-corrected chi connectivity index (χ1v) is 8.00. The van der Waals surface area contributed by atoms with E-state index in [4.69, 9.17) is 14.0 Å². The van der Waals surface area contributed by atoms with Crippen molar-refractivity contribution in [1.29, 1.82) is 0 Å². The summed E-state index contributed by atoms with van der Waals surface area (Å²) in [4.78, 5) is 16.6. The maximum atomic E-state index is 12.3. The van der Waals surface area contributed by atoms with Crippen LogP contribution in [0.4, 0.5) is 0 Å². The Labute approximate surface area is 150 Å². The minimum absolute atomic E-state index is 0.155. The Balaban J connectivity index is 1.67. The highest BCUT2D eigenvalue weighted by Crippen LogP contribution is 2.27. The van der Waals surface area contributed by atoms with Crippen molar-refractivity contribution in [3.8, 4) is 23.0 Å². The molecule has 26 heavy (non-hydrogen) atoms. The lowest BCUT2D eigenvalue weighted by Gasteiger charge is -2.09. The Kier molecular flexibility index (Phi) is 5.17. The Morgan fingerprint density at radius 2 is 1.92 bits per heavy atom. The molecule has 0 bridgehead atoms. The topological polar surface area (TPSA) is 86.5 Å². The number of benzene rings is 2. The van der Waals surface area contributed by atoms with Gasteiger partial charge in [0.25, 0.3) is 11.8 Å². The number of aromatic nitrogens is 2. The largest absolute Gasteiger partial charge is 0.493 e. The lowest BCUT2D eigenvalue weighted by atomic mass is 10.1. The maximum Gasteiger partial charge on any atom is 0.257 e. The van der Waals surface area contributed by atoms with Crippen LogP contribution in [-0.2, 0) is 6.54 Å². The van der Waals surface area contributed by atoms with Crippen molar-refractivity contribution >= 4 is 5.91 Å². The fraction of sp³-hybridized carbons (Fsp3) is 0.211. The highest BCUT2D eigenvalue weighted by atomic mass is 16.5. The zero-order chi connectivity index (χ0) is 18.5. The molecule has 3 rings (SSSR count). The molecule has 2 aromatic carbocycles. The molecule has 0 aliphatic heterocycles. The van der Waals surface area contributed by atoms with E-state index in [0.717, 1.165) is 11.1 Å². The van der Waals surface area contributed by atoms with Crippen LogP contribution in [0, 0.1) is 6.92 Å². The molecular weight excluding hydrogens is 334 g/mol. The number of amides is 1. The van der Waals surface area contributed by atoms with Gasteiger partial charge in [-0.05, 0) is 37.3 Å². The molecule has 0 saturated heterocycles. The molecule has 134 valence electrons. The summed E-state index contributed by atoms with van der Waals surface area (Å²) in [6.07, 6.45) is 0. The van der Waals surface area contributed by atoms with Crippen LogP contribution in [0.25, 0.3) is 11.5 Å². The Hall–Kier alpha value is -3.35. The van der Waals surface area contributed by atoms with Crippen molar-refractivity contribution in [2.45, 2.75) is 13.5 Å². The van der Waals surface area contributed by atoms with E-state index in [1.807, 2.05) is 31.2 Å². The zero-order valence-corrected chi connectivity index (χ0v) is 14.8. The van der Waals surface area contributed by atoms with Crippen LogP contribution in [-0.4, -0.2) is 30.3 Å². The van der Waals surface area contributed by atoms with Crippen molar-refractivity contribution in [1.82, 2.24) is 15.5 Å². The molecule has 0 aliphatic carbocycles. The number of carbonyl (C=O) groups is 1. The van der Waals surface area contributed by atoms with Crippen molar-refractivity contribution in [2.24, 2.45) is 0 Å². The number of methoxy groups -OCH3 is 2. The lowest BCUT2D eigenvalue weighted by molar-refractivity contribution is 0.0949. The van der Waals surface area contributed by atoms with Gasteiger partial charge in [-0.2, -0.15) is 4.98 Å². The SMILES string of the molecule is COc1ccc(C(=O)NCc2noc(-c3cccc(C)c3)n2)cc1OC. The van der Waals surface area contributed by atoms with Gasteiger partial charge in [-0.3, -0.25) is 4.79 Å². The number of nitrogens with zero attached hydrogens (tertiary/aromatic N) is 2. The van der Waals surface area contributed by atoms with Crippen LogP contribution in [0.1, 0.15) is 21.7 Å². The molecule has 3 aromatic rings. The molecule has 0 saturated carbocycles. The molecule has 7 heteroatoms. The van der Waals surface area contributed by atoms with Crippen molar-refractivity contribution < 1.29 is 18.8 Å². The summed E-state index contributed by atoms with van der Waals surface area (Å²) in [6, 6.07) is 12.7. The van der Waals surface area contributed by atoms with Crippen LogP contribution in [0.15, 0.2) is 47.0 Å². The Morgan fingerprint density at radius 1 is 1.12 bits per heavy atom. The van der Waals surface area contributed by atoms with Gasteiger partial charge in [0.2, 0.25) is 0 Å². The fourth-order valence-electron chi connectivity index (χ4n) is 2.46. The molecule has 0 spiro atoms. The molecule has 0 fully saturated rings. The third-order valence-electron chi connectivity index (χ3n) is 3.79. The molecule has 0 aliphatic rings. The monoisotopic (exact) mass is 353 g/mol. The quantitative estimate of drug-likeness (QED) is 0.733. The van der Waals surface area contributed by atoms with Crippen LogP contribution in [0.3, 0.4) is 0 Å². The van der Waals surface area contributed by atoms with Crippen molar-refractivity contribution in [3.63, 3.8) is 0 Å². The molecule has 0 unspecified atom stereocenters. The second-order valence-corrected chi connectivity index (χ2v) is 5.64. The van der Waals surface area contributed by atoms with Gasteiger partial charge in [0.05, 0.1) is 20.8 Å². The third kappa shape index (κ3) is 3.83. The van der Waals surface area contributed by atoms with Crippen LogP contribution in [0.5, 0.6) is 11.5 Å². The third-order valence-corrected chi connectivity index (χ3v) is 3.79. The zero-order valence-electron chi connectivity index (χ0n) is 14.8. The summed E-state index contributed by atoms with van der Waals surface area (Å²) in [5.74, 6) is 1.60. The summed E-state index contributed by atoms with van der Waals surface area (Å²) in [6.45, 7) is 2.15. The predicted octanol–water partition coefficient (Wildman–Crippen LogP) is 2.99. The van der Waals surface area contributed by atoms with Gasteiger partial charge in [-0.1, -0.05) is 22.9 Å². The van der Waals surface area contributed by atoms with E-state index in [9.17, 15) is 4.79 Å². The number of ether oxygens (including phenoxy) is 2. The standard InChI is InChI=1S/C19H19N3O4/c1-12-5-4-6-14(9-12)19-21-17(22-26-19)11-20-18(23)13-7-8-15(24-2)16(10-13)25-3/h4-10H,11H2,1-3H3,(H,20,23). The molecule has 1 N–H and O–H groups in total. The van der Waals surface area contributed by atoms with Gasteiger partial charge < -0.3 is 19.3 Å². The average Bonchev–Trinajstić information content (AvgIpc) is 3.14. The van der Waals surface area contributed by atoms with E-state index in [-0.39, 0.29) is 12.5 Å². The number of hydrogen-bond acceptors (Lipinski definition) is 6. The molecule has 0 atom stereocenters. The molecule has 7 nitrogen and oxygen atoms in total. The highest BCUT2D eigenvalue weighted by Gasteiger charge is 2.13. The van der Waals surface area contributed by atoms with E-state index in [1.165, 1.54) is 7.11 Å². The number of nitrogens with one attached hydrogen (secondary N) is 1. The highest BCUT2D eigenvalue weighted by molar-refractivity contribution is 5.94. The van der Waals surface area contributed by atoms with E-state index >= 15 is 0 Å². The normalized spacial score (nSPS) is 10.4. The van der Waals surface area contributed by atoms with Gasteiger partial charge in [-0.25, -0.2) is 0 Å². The Bertz CT molecular complexity index is 921. The summed E-state index contributed by atoms with van der Waals surface area (Å²) in [5.41, 5.74) is 2.39. The van der Waals surface area contributed by atoms with Crippen LogP contribution >= 0.6 is 0 Å². The van der Waals surface area contributed by atoms with E-state index in [0.29, 0.717) is 28.8 Å². The first-order chi connectivity index (χ1) is 12.6. The molecule has 1 aromatic heterocycles. The molecule has 1 amide bonds. The molecule has 0 radical (unpaired) electrons. The average molecular weight is 353 g/mol. The maximum absolute atomic E-state index is 12.3. The summed E-state index contributed by atoms with van der Waals surface area (Å²) >= 11 is 0. The van der Waals surface area contributed by atoms with Gasteiger partial charge in [-0.15, -0.1) is 0 Å². The smallest absolute Gasteiger partial charge is 0.257 e. The number of rotatable bonds is 6. The number of aryl methyl sites for hydroxylation is 1. The van der Waals surface area contributed by atoms with Gasteiger partial charge in [0, 0.05) is 11.1 Å². The predicted molar refractivity (Wildman–Crippen MR) is 95.2 cm³/mol. The van der Waals surface area contributed by atoms with E-state index in [1.54, 1.807) is 25.3 Å². The van der Waals surface area contributed by atoms with Crippen molar-refractivity contribution in [2.75, 3.05) is 14.2 Å². The van der Waals surface area contributed by atoms with Gasteiger partial charge >= 0.3 is 0 Å². The van der Waals surface area contributed by atoms with Gasteiger partial charge in [0.15, 0.2) is 17.3 Å². The second kappa shape index (κ2) is 7.69. The van der Waals surface area contributed by atoms with E-state index in [2.05, 4.69) is 15.5 Å². The Morgan fingerprint density at radius 3 is 2.65 bits per heavy atom. The van der Waals surface area contributed by atoms with Crippen LogP contribution in [0.2, 0.25) is 0 Å². The number of hydrogen-bond donors (Lipinski definition) is 1. The first-order valence-electron chi connectivity index (χ1n) is 8.00. The molecule has 1 heterocycles. The summed E-state index contributed by atoms with van der Waals surface area (Å²) in [5, 5.41) is 6.66. The minimum Gasteiger partial charge on any atom is -0.493 e. The molecular formula is C19H19N3O4.